The number of ether oxygens (including phenoxy) is 3. The van der Waals surface area contributed by atoms with Crippen LogP contribution >= 0.6 is 0 Å². The number of nitrogens with zero attached hydrogens (tertiary/aromatic N) is 1. The molecule has 0 unspecified atom stereocenters. The van der Waals surface area contributed by atoms with Gasteiger partial charge in [0.2, 0.25) is 6.79 Å². The number of hydrogen-bond acceptors (Lipinski definition) is 5. The molecule has 0 bridgehead atoms. The lowest BCUT2D eigenvalue weighted by molar-refractivity contribution is -0.123. The first kappa shape index (κ1) is 16.0. The Bertz CT molecular complexity index is 979. The Morgan fingerprint density at radius 1 is 1.08 bits per heavy atom. The van der Waals surface area contributed by atoms with E-state index in [0.29, 0.717) is 17.2 Å². The number of fused-ring (bicyclic) bond motifs is 2. The minimum Gasteiger partial charge on any atom is -0.484 e. The van der Waals surface area contributed by atoms with Crippen molar-refractivity contribution in [1.29, 1.82) is 0 Å². The van der Waals surface area contributed by atoms with Crippen molar-refractivity contribution >= 4 is 22.9 Å². The Labute approximate surface area is 150 Å². The van der Waals surface area contributed by atoms with Crippen molar-refractivity contribution in [2.45, 2.75) is 0 Å². The van der Waals surface area contributed by atoms with E-state index in [9.17, 15) is 4.79 Å². The quantitative estimate of drug-likeness (QED) is 0.568. The first-order chi connectivity index (χ1) is 12.8. The van der Waals surface area contributed by atoms with Crippen LogP contribution in [0, 0.1) is 0 Å². The van der Waals surface area contributed by atoms with Crippen molar-refractivity contribution in [2.75, 3.05) is 13.4 Å². The van der Waals surface area contributed by atoms with E-state index in [1.165, 1.54) is 0 Å². The van der Waals surface area contributed by atoms with Gasteiger partial charge in [-0.2, -0.15) is 5.10 Å². The number of rotatable bonds is 5. The second-order valence-electron chi connectivity index (χ2n) is 5.67. The third-order valence-corrected chi connectivity index (χ3v) is 3.93. The molecule has 6 nitrogen and oxygen atoms in total. The van der Waals surface area contributed by atoms with Gasteiger partial charge in [0.05, 0.1) is 6.21 Å². The molecular formula is C20H16N2O4. The number of carbonyl (C=O) groups is 1. The monoisotopic (exact) mass is 348 g/mol. The number of carbonyl (C=O) groups excluding carboxylic acids is 1. The van der Waals surface area contributed by atoms with Crippen LogP contribution in [0.25, 0.3) is 10.8 Å². The number of hydrazone groups is 1. The molecule has 0 fully saturated rings. The zero-order valence-corrected chi connectivity index (χ0v) is 13.8. The van der Waals surface area contributed by atoms with E-state index < -0.39 is 0 Å². The van der Waals surface area contributed by atoms with E-state index in [1.807, 2.05) is 42.5 Å². The van der Waals surface area contributed by atoms with Gasteiger partial charge in [-0.25, -0.2) is 5.43 Å². The summed E-state index contributed by atoms with van der Waals surface area (Å²) in [6, 6.07) is 19.1. The van der Waals surface area contributed by atoms with E-state index in [-0.39, 0.29) is 19.3 Å². The summed E-state index contributed by atoms with van der Waals surface area (Å²) >= 11 is 0. The maximum absolute atomic E-state index is 11.9. The van der Waals surface area contributed by atoms with Crippen molar-refractivity contribution in [3.63, 3.8) is 0 Å². The Kier molecular flexibility index (Phi) is 4.38. The molecule has 1 aliphatic rings. The van der Waals surface area contributed by atoms with Crippen molar-refractivity contribution in [3.8, 4) is 17.2 Å². The summed E-state index contributed by atoms with van der Waals surface area (Å²) in [5.74, 6) is 1.46. The smallest absolute Gasteiger partial charge is 0.277 e. The lowest BCUT2D eigenvalue weighted by Gasteiger charge is -2.06. The Balaban J connectivity index is 1.34. The third-order valence-electron chi connectivity index (χ3n) is 3.93. The third kappa shape index (κ3) is 3.44. The Morgan fingerprint density at radius 3 is 2.88 bits per heavy atom. The normalized spacial score (nSPS) is 12.5. The zero-order valence-electron chi connectivity index (χ0n) is 13.8. The fourth-order valence-corrected chi connectivity index (χ4v) is 2.68. The topological polar surface area (TPSA) is 69.2 Å². The minimum absolute atomic E-state index is 0.146. The van der Waals surface area contributed by atoms with Crippen LogP contribution in [-0.2, 0) is 4.79 Å². The number of benzene rings is 3. The molecule has 1 aliphatic heterocycles. The maximum Gasteiger partial charge on any atom is 0.277 e. The molecule has 3 aromatic carbocycles. The lowest BCUT2D eigenvalue weighted by Crippen LogP contribution is -2.24. The highest BCUT2D eigenvalue weighted by molar-refractivity contribution is 5.99. The van der Waals surface area contributed by atoms with Gasteiger partial charge in [0.25, 0.3) is 5.91 Å². The fraction of sp³-hybridized carbons (Fsp3) is 0.100. The molecular weight excluding hydrogens is 332 g/mol. The van der Waals surface area contributed by atoms with E-state index in [2.05, 4.69) is 10.5 Å². The Morgan fingerprint density at radius 2 is 1.92 bits per heavy atom. The first-order valence-electron chi connectivity index (χ1n) is 8.12. The van der Waals surface area contributed by atoms with Crippen LogP contribution in [0.3, 0.4) is 0 Å². The molecule has 0 saturated heterocycles. The van der Waals surface area contributed by atoms with Crippen molar-refractivity contribution in [3.05, 3.63) is 66.2 Å². The van der Waals surface area contributed by atoms with E-state index in [4.69, 9.17) is 14.2 Å². The van der Waals surface area contributed by atoms with E-state index in [1.54, 1.807) is 24.4 Å². The number of nitrogens with one attached hydrogen (secondary N) is 1. The van der Waals surface area contributed by atoms with Crippen LogP contribution < -0.4 is 19.6 Å². The Hall–Kier alpha value is -3.54. The lowest BCUT2D eigenvalue weighted by atomic mass is 10.1. The van der Waals surface area contributed by atoms with Gasteiger partial charge in [0.1, 0.15) is 5.75 Å². The summed E-state index contributed by atoms with van der Waals surface area (Å²) < 4.78 is 15.9. The molecule has 26 heavy (non-hydrogen) atoms. The first-order valence-corrected chi connectivity index (χ1v) is 8.12. The fourth-order valence-electron chi connectivity index (χ4n) is 2.68. The minimum atomic E-state index is -0.348. The van der Waals surface area contributed by atoms with Crippen LogP contribution in [0.5, 0.6) is 17.2 Å². The second-order valence-corrected chi connectivity index (χ2v) is 5.67. The molecule has 130 valence electrons. The van der Waals surface area contributed by atoms with Gasteiger partial charge in [0.15, 0.2) is 18.1 Å². The summed E-state index contributed by atoms with van der Waals surface area (Å²) in [6.45, 7) is 0.0503. The molecule has 0 saturated carbocycles. The van der Waals surface area contributed by atoms with Gasteiger partial charge in [-0.1, -0.05) is 42.5 Å². The van der Waals surface area contributed by atoms with Crippen LogP contribution in [0.2, 0.25) is 0 Å². The summed E-state index contributed by atoms with van der Waals surface area (Å²) in [5.41, 5.74) is 3.40. The average Bonchev–Trinajstić information content (AvgIpc) is 3.14. The average molecular weight is 348 g/mol. The molecule has 0 aliphatic carbocycles. The van der Waals surface area contributed by atoms with Crippen molar-refractivity contribution in [2.24, 2.45) is 5.10 Å². The zero-order chi connectivity index (χ0) is 17.8. The van der Waals surface area contributed by atoms with Crippen LogP contribution in [0.15, 0.2) is 65.8 Å². The van der Waals surface area contributed by atoms with Crippen LogP contribution in [0.1, 0.15) is 5.56 Å². The molecule has 0 spiro atoms. The van der Waals surface area contributed by atoms with E-state index >= 15 is 0 Å². The molecule has 1 N–H and O–H groups in total. The summed E-state index contributed by atoms with van der Waals surface area (Å²) in [4.78, 5) is 11.9. The van der Waals surface area contributed by atoms with Crippen LogP contribution in [-0.4, -0.2) is 25.5 Å². The molecule has 1 amide bonds. The van der Waals surface area contributed by atoms with Crippen molar-refractivity contribution in [1.82, 2.24) is 5.43 Å². The highest BCUT2D eigenvalue weighted by atomic mass is 16.7. The molecule has 6 heteroatoms. The SMILES string of the molecule is O=C(COc1ccc2c(c1)OCO2)N/N=C/c1cccc2ccccc12. The van der Waals surface area contributed by atoms with Crippen molar-refractivity contribution < 1.29 is 19.0 Å². The van der Waals surface area contributed by atoms with Gasteiger partial charge in [-0.05, 0) is 22.9 Å². The molecule has 0 aromatic heterocycles. The number of amides is 1. The molecule has 0 radical (unpaired) electrons. The largest absolute Gasteiger partial charge is 0.484 e. The van der Waals surface area contributed by atoms with Gasteiger partial charge >= 0.3 is 0 Å². The molecule has 0 atom stereocenters. The predicted molar refractivity (Wildman–Crippen MR) is 97.7 cm³/mol. The standard InChI is InChI=1S/C20H16N2O4/c23-20(12-24-16-8-9-18-19(10-16)26-13-25-18)22-21-11-15-6-3-5-14-4-1-2-7-17(14)15/h1-11H,12-13H2,(H,22,23)/b21-11+. The van der Waals surface area contributed by atoms with Gasteiger partial charge in [0, 0.05) is 11.6 Å². The number of hydrogen-bond donors (Lipinski definition) is 1. The summed E-state index contributed by atoms with van der Waals surface area (Å²) in [7, 11) is 0. The highest BCUT2D eigenvalue weighted by Gasteiger charge is 2.14. The highest BCUT2D eigenvalue weighted by Crippen LogP contribution is 2.34. The summed E-state index contributed by atoms with van der Waals surface area (Å²) in [6.07, 6.45) is 1.63. The molecule has 4 rings (SSSR count). The molecule has 1 heterocycles. The van der Waals surface area contributed by atoms with Crippen LogP contribution in [0.4, 0.5) is 0 Å². The summed E-state index contributed by atoms with van der Waals surface area (Å²) in [5, 5.41) is 6.21. The van der Waals surface area contributed by atoms with Gasteiger partial charge < -0.3 is 14.2 Å². The maximum atomic E-state index is 11.9. The van der Waals surface area contributed by atoms with E-state index in [0.717, 1.165) is 16.3 Å². The molecule has 3 aromatic rings. The van der Waals surface area contributed by atoms with Gasteiger partial charge in [-0.3, -0.25) is 4.79 Å². The van der Waals surface area contributed by atoms with Gasteiger partial charge in [-0.15, -0.1) is 0 Å². The second kappa shape index (κ2) is 7.14. The predicted octanol–water partition coefficient (Wildman–Crippen LogP) is 3.10.